The van der Waals surface area contributed by atoms with Crippen molar-refractivity contribution < 1.29 is 18.3 Å². The number of thiazole rings is 1. The van der Waals surface area contributed by atoms with E-state index in [1.54, 1.807) is 36.2 Å². The van der Waals surface area contributed by atoms with Crippen LogP contribution in [0, 0.1) is 0 Å². The molecule has 0 N–H and O–H groups in total. The number of ether oxygens (including phenoxy) is 2. The molecule has 150 valence electrons. The summed E-state index contributed by atoms with van der Waals surface area (Å²) in [5.41, 5.74) is 2.56. The van der Waals surface area contributed by atoms with Crippen LogP contribution in [0.1, 0.15) is 5.56 Å². The summed E-state index contributed by atoms with van der Waals surface area (Å²) in [5.74, 6) is 0.864. The lowest BCUT2D eigenvalue weighted by molar-refractivity contribution is -0.0498. The number of rotatable bonds is 8. The maximum atomic E-state index is 12.3. The first-order valence-corrected chi connectivity index (χ1v) is 9.54. The molecular formula is C21H19F2N3O2S. The zero-order valence-corrected chi connectivity index (χ0v) is 16.5. The summed E-state index contributed by atoms with van der Waals surface area (Å²) in [6.07, 6.45) is 3.35. The third-order valence-electron chi connectivity index (χ3n) is 3.85. The van der Waals surface area contributed by atoms with Crippen molar-refractivity contribution >= 4 is 17.6 Å². The molecule has 5 nitrogen and oxygen atoms in total. The highest BCUT2D eigenvalue weighted by Gasteiger charge is 2.08. The highest BCUT2D eigenvalue weighted by molar-refractivity contribution is 7.07. The molecule has 0 saturated carbocycles. The molecule has 3 rings (SSSR count). The molecule has 3 aromatic rings. The summed E-state index contributed by atoms with van der Waals surface area (Å²) >= 11 is 1.47. The van der Waals surface area contributed by atoms with E-state index in [9.17, 15) is 8.78 Å². The van der Waals surface area contributed by atoms with Gasteiger partial charge in [0.05, 0.1) is 25.6 Å². The Bertz CT molecular complexity index is 1040. The van der Waals surface area contributed by atoms with Gasteiger partial charge in [-0.2, -0.15) is 13.9 Å². The number of halogens is 2. The number of methoxy groups -OCH3 is 1. The molecule has 0 amide bonds. The number of hydrogen-bond donors (Lipinski definition) is 0. The normalized spacial score (nSPS) is 11.9. The summed E-state index contributed by atoms with van der Waals surface area (Å²) in [6, 6.07) is 13.9. The van der Waals surface area contributed by atoms with Gasteiger partial charge in [0.15, 0.2) is 0 Å². The molecular weight excluding hydrogens is 396 g/mol. The van der Waals surface area contributed by atoms with Crippen molar-refractivity contribution in [2.24, 2.45) is 10.1 Å². The highest BCUT2D eigenvalue weighted by atomic mass is 32.1. The molecule has 0 bridgehead atoms. The molecule has 0 fully saturated rings. The molecule has 0 aliphatic heterocycles. The van der Waals surface area contributed by atoms with E-state index < -0.39 is 6.61 Å². The van der Waals surface area contributed by atoms with Gasteiger partial charge in [0.1, 0.15) is 11.5 Å². The summed E-state index contributed by atoms with van der Waals surface area (Å²) in [7, 11) is 1.62. The van der Waals surface area contributed by atoms with Crippen LogP contribution < -0.4 is 14.3 Å². The molecule has 2 aromatic carbocycles. The van der Waals surface area contributed by atoms with Crippen LogP contribution in [0.5, 0.6) is 11.5 Å². The van der Waals surface area contributed by atoms with Crippen molar-refractivity contribution in [2.75, 3.05) is 13.7 Å². The maximum Gasteiger partial charge on any atom is 0.387 e. The Morgan fingerprint density at radius 2 is 1.79 bits per heavy atom. The van der Waals surface area contributed by atoms with Crippen LogP contribution in [-0.4, -0.2) is 31.2 Å². The van der Waals surface area contributed by atoms with Gasteiger partial charge in [0, 0.05) is 10.9 Å². The lowest BCUT2D eigenvalue weighted by Crippen LogP contribution is -2.12. The Labute approximate surface area is 170 Å². The predicted octanol–water partition coefficient (Wildman–Crippen LogP) is 4.80. The third-order valence-corrected chi connectivity index (χ3v) is 4.71. The molecule has 0 aliphatic carbocycles. The Morgan fingerprint density at radius 1 is 1.10 bits per heavy atom. The first-order valence-electron chi connectivity index (χ1n) is 8.66. The van der Waals surface area contributed by atoms with Crippen LogP contribution in [0.2, 0.25) is 0 Å². The molecule has 0 saturated heterocycles. The molecule has 0 radical (unpaired) electrons. The molecule has 1 heterocycles. The zero-order valence-electron chi connectivity index (χ0n) is 15.7. The SMILES string of the molecule is C=CCN=c1scc(-c2ccc(OC)cc2)n1N=Cc1ccc(OC(F)F)cc1. The fourth-order valence-electron chi connectivity index (χ4n) is 2.48. The molecule has 1 aromatic heterocycles. The van der Waals surface area contributed by atoms with E-state index >= 15 is 0 Å². The van der Waals surface area contributed by atoms with Crippen LogP contribution in [-0.2, 0) is 0 Å². The fraction of sp³-hybridized carbons (Fsp3) is 0.143. The first-order chi connectivity index (χ1) is 14.1. The molecule has 8 heteroatoms. The Balaban J connectivity index is 1.94. The van der Waals surface area contributed by atoms with Gasteiger partial charge >= 0.3 is 6.61 Å². The summed E-state index contributed by atoms with van der Waals surface area (Å²) in [6.45, 7) is 1.32. The lowest BCUT2D eigenvalue weighted by atomic mass is 10.2. The van der Waals surface area contributed by atoms with E-state index in [1.807, 2.05) is 29.6 Å². The summed E-state index contributed by atoms with van der Waals surface area (Å²) < 4.78 is 35.9. The quantitative estimate of drug-likeness (QED) is 0.392. The molecule has 0 aliphatic rings. The number of aromatic nitrogens is 1. The second-order valence-electron chi connectivity index (χ2n) is 5.77. The summed E-state index contributed by atoms with van der Waals surface area (Å²) in [4.78, 5) is 5.20. The number of nitrogens with zero attached hydrogens (tertiary/aromatic N) is 3. The number of alkyl halides is 2. The second kappa shape index (κ2) is 9.79. The van der Waals surface area contributed by atoms with Crippen LogP contribution in [0.3, 0.4) is 0 Å². The van der Waals surface area contributed by atoms with Crippen molar-refractivity contribution in [3.63, 3.8) is 0 Å². The van der Waals surface area contributed by atoms with E-state index in [4.69, 9.17) is 4.74 Å². The largest absolute Gasteiger partial charge is 0.497 e. The number of benzene rings is 2. The van der Waals surface area contributed by atoms with Gasteiger partial charge in [-0.15, -0.1) is 17.9 Å². The molecule has 0 atom stereocenters. The first kappa shape index (κ1) is 20.5. The van der Waals surface area contributed by atoms with E-state index in [2.05, 4.69) is 21.4 Å². The maximum absolute atomic E-state index is 12.3. The minimum absolute atomic E-state index is 0.0981. The Kier molecular flexibility index (Phi) is 6.91. The van der Waals surface area contributed by atoms with Gasteiger partial charge in [-0.25, -0.2) is 4.68 Å². The molecule has 0 spiro atoms. The average Bonchev–Trinajstić information content (AvgIpc) is 3.14. The Morgan fingerprint density at radius 3 is 2.41 bits per heavy atom. The monoisotopic (exact) mass is 415 g/mol. The minimum Gasteiger partial charge on any atom is -0.497 e. The van der Waals surface area contributed by atoms with Gasteiger partial charge in [0.25, 0.3) is 0 Å². The van der Waals surface area contributed by atoms with Gasteiger partial charge in [-0.3, -0.25) is 4.99 Å². The van der Waals surface area contributed by atoms with Gasteiger partial charge in [0.2, 0.25) is 4.80 Å². The van der Waals surface area contributed by atoms with Crippen LogP contribution >= 0.6 is 11.3 Å². The topological polar surface area (TPSA) is 48.1 Å². The van der Waals surface area contributed by atoms with Gasteiger partial charge in [-0.1, -0.05) is 6.08 Å². The zero-order chi connectivity index (χ0) is 20.6. The predicted molar refractivity (Wildman–Crippen MR) is 111 cm³/mol. The number of hydrogen-bond acceptors (Lipinski definition) is 5. The van der Waals surface area contributed by atoms with Crippen molar-refractivity contribution in [2.45, 2.75) is 6.61 Å². The van der Waals surface area contributed by atoms with E-state index in [-0.39, 0.29) is 5.75 Å². The van der Waals surface area contributed by atoms with Gasteiger partial charge < -0.3 is 9.47 Å². The second-order valence-corrected chi connectivity index (χ2v) is 6.60. The highest BCUT2D eigenvalue weighted by Crippen LogP contribution is 2.23. The fourth-order valence-corrected chi connectivity index (χ4v) is 3.33. The third kappa shape index (κ3) is 5.39. The lowest BCUT2D eigenvalue weighted by Gasteiger charge is -2.06. The van der Waals surface area contributed by atoms with Crippen molar-refractivity contribution in [3.05, 3.63) is 76.9 Å². The molecule has 29 heavy (non-hydrogen) atoms. The average molecular weight is 415 g/mol. The van der Waals surface area contributed by atoms with E-state index in [0.717, 1.165) is 22.6 Å². The molecule has 0 unspecified atom stereocenters. The van der Waals surface area contributed by atoms with Crippen LogP contribution in [0.4, 0.5) is 8.78 Å². The standard InChI is InChI=1S/C21H19F2N3O2S/c1-3-12-24-21-26(19(14-29-21)16-6-10-17(27-2)11-7-16)25-13-15-4-8-18(9-5-15)28-20(22)23/h3-11,13-14,20H,1,12H2,2H3. The van der Waals surface area contributed by atoms with Gasteiger partial charge in [-0.05, 0) is 54.1 Å². The smallest absolute Gasteiger partial charge is 0.387 e. The Hall–Kier alpha value is -3.26. The van der Waals surface area contributed by atoms with Crippen LogP contribution in [0.15, 0.2) is 76.7 Å². The van der Waals surface area contributed by atoms with E-state index in [1.165, 1.54) is 23.5 Å². The van der Waals surface area contributed by atoms with Crippen molar-refractivity contribution in [3.8, 4) is 22.8 Å². The van der Waals surface area contributed by atoms with Crippen LogP contribution in [0.25, 0.3) is 11.3 Å². The minimum atomic E-state index is -2.85. The van der Waals surface area contributed by atoms with E-state index in [0.29, 0.717) is 11.3 Å². The summed E-state index contributed by atoms with van der Waals surface area (Å²) in [5, 5.41) is 6.53. The van der Waals surface area contributed by atoms with Crippen molar-refractivity contribution in [1.29, 1.82) is 0 Å². The van der Waals surface area contributed by atoms with Crippen molar-refractivity contribution in [1.82, 2.24) is 4.68 Å².